The van der Waals surface area contributed by atoms with Crippen molar-refractivity contribution in [1.29, 1.82) is 0 Å². The minimum absolute atomic E-state index is 0. The van der Waals surface area contributed by atoms with Crippen LogP contribution in [0.15, 0.2) is 18.2 Å². The van der Waals surface area contributed by atoms with Crippen LogP contribution in [0.4, 0.5) is 17.3 Å². The van der Waals surface area contributed by atoms with Gasteiger partial charge in [0.25, 0.3) is 0 Å². The molecule has 0 aliphatic heterocycles. The molecule has 1 nitrogen and oxygen atoms in total. The van der Waals surface area contributed by atoms with Gasteiger partial charge in [-0.2, -0.15) is 0 Å². The van der Waals surface area contributed by atoms with E-state index in [1.54, 1.807) is 0 Å². The molecule has 94 valence electrons. The van der Waals surface area contributed by atoms with E-state index in [-0.39, 0.29) is 63.7 Å². The molecule has 1 aromatic carbocycles. The Morgan fingerprint density at radius 2 is 1.89 bits per heavy atom. The van der Waals surface area contributed by atoms with E-state index in [1.165, 1.54) is 0 Å². The maximum Gasteiger partial charge on any atom is 1.00 e. The molecule has 1 saturated carbocycles. The Balaban J connectivity index is 0.00000162. The monoisotopic (exact) mass is 286 g/mol. The van der Waals surface area contributed by atoms with Crippen LogP contribution in [0.25, 0.3) is 0 Å². The molecule has 7 heteroatoms. The second-order valence-electron chi connectivity index (χ2n) is 4.35. The van der Waals surface area contributed by atoms with Crippen molar-refractivity contribution in [3.8, 4) is 5.75 Å². The molecule has 0 radical (unpaired) electrons. The Morgan fingerprint density at radius 1 is 1.22 bits per heavy atom. The van der Waals surface area contributed by atoms with Crippen molar-refractivity contribution in [1.82, 2.24) is 0 Å². The first-order valence-corrected chi connectivity index (χ1v) is 5.59. The van der Waals surface area contributed by atoms with Crippen LogP contribution in [-0.2, 0) is 0 Å². The molecule has 0 bridgehead atoms. The Labute approximate surface area is 146 Å². The van der Waals surface area contributed by atoms with E-state index in [2.05, 4.69) is 0 Å². The molecule has 2 rings (SSSR count). The Morgan fingerprint density at radius 3 is 2.44 bits per heavy atom. The number of hydrogen-bond donors (Lipinski definition) is 0. The zero-order chi connectivity index (χ0) is 12.5. The van der Waals surface area contributed by atoms with Crippen molar-refractivity contribution in [2.75, 3.05) is 6.61 Å². The summed E-state index contributed by atoms with van der Waals surface area (Å²) in [5.41, 5.74) is -0.826. The minimum Gasteiger partial charge on any atom is -0.491 e. The van der Waals surface area contributed by atoms with Crippen LogP contribution >= 0.6 is 0 Å². The van der Waals surface area contributed by atoms with Gasteiger partial charge in [-0.15, -0.1) is 5.46 Å². The summed E-state index contributed by atoms with van der Waals surface area (Å²) in [5, 5.41) is 0. The van der Waals surface area contributed by atoms with Crippen molar-refractivity contribution in [3.05, 3.63) is 24.0 Å². The molecule has 18 heavy (non-hydrogen) atoms. The largest absolute Gasteiger partial charge is 1.00 e. The maximum atomic E-state index is 13.2. The van der Waals surface area contributed by atoms with Gasteiger partial charge in [0, 0.05) is 0 Å². The zero-order valence-corrected chi connectivity index (χ0v) is 13.3. The van der Waals surface area contributed by atoms with Gasteiger partial charge >= 0.3 is 58.4 Å². The van der Waals surface area contributed by atoms with Crippen molar-refractivity contribution < 1.29 is 73.5 Å². The Bertz CT molecular complexity index is 407. The van der Waals surface area contributed by atoms with Gasteiger partial charge in [0.15, 0.2) is 11.6 Å². The standard InChI is InChI=1S/C11H12BF4O.K/c13-10-4-3-9(12(14,15)16)7-11(10)17-6-5-8-1-2-8;/h3-4,7-8H,1-2,5-6H2;/q-1;+1. The molecule has 1 aromatic rings. The summed E-state index contributed by atoms with van der Waals surface area (Å²) in [4.78, 5) is 0. The van der Waals surface area contributed by atoms with E-state index in [9.17, 15) is 17.3 Å². The maximum absolute atomic E-state index is 13.2. The molecule has 0 heterocycles. The third kappa shape index (κ3) is 4.85. The van der Waals surface area contributed by atoms with Crippen LogP contribution in [0.1, 0.15) is 19.3 Å². The van der Waals surface area contributed by atoms with E-state index in [0.29, 0.717) is 5.92 Å². The number of hydrogen-bond acceptors (Lipinski definition) is 1. The Hall–Kier alpha value is 0.441. The summed E-state index contributed by atoms with van der Waals surface area (Å²) in [6.07, 6.45) is 3.05. The van der Waals surface area contributed by atoms with Crippen LogP contribution in [0.3, 0.4) is 0 Å². The summed E-state index contributed by atoms with van der Waals surface area (Å²) in [6, 6.07) is 2.28. The Kier molecular flexibility index (Phi) is 6.18. The molecular weight excluding hydrogens is 274 g/mol. The van der Waals surface area contributed by atoms with Gasteiger partial charge in [0.05, 0.1) is 6.61 Å². The van der Waals surface area contributed by atoms with Crippen molar-refractivity contribution in [3.63, 3.8) is 0 Å². The average molecular weight is 286 g/mol. The molecule has 0 aromatic heterocycles. The molecule has 1 aliphatic rings. The fourth-order valence-electron chi connectivity index (χ4n) is 1.58. The van der Waals surface area contributed by atoms with Crippen LogP contribution in [-0.4, -0.2) is 13.6 Å². The molecule has 1 fully saturated rings. The summed E-state index contributed by atoms with van der Waals surface area (Å²) >= 11 is 0. The fourth-order valence-corrected chi connectivity index (χ4v) is 1.58. The third-order valence-corrected chi connectivity index (χ3v) is 2.81. The number of benzene rings is 1. The van der Waals surface area contributed by atoms with Crippen molar-refractivity contribution in [2.45, 2.75) is 19.3 Å². The summed E-state index contributed by atoms with van der Waals surface area (Å²) in [6.45, 7) is -4.83. The topological polar surface area (TPSA) is 9.23 Å². The molecule has 0 amide bonds. The van der Waals surface area contributed by atoms with Crippen LogP contribution in [0.2, 0.25) is 0 Å². The molecular formula is C11H12BF4KO. The predicted molar refractivity (Wildman–Crippen MR) is 57.9 cm³/mol. The van der Waals surface area contributed by atoms with E-state index in [0.717, 1.165) is 37.5 Å². The summed E-state index contributed by atoms with van der Waals surface area (Å²) in [7, 11) is 0. The third-order valence-electron chi connectivity index (χ3n) is 2.81. The molecule has 0 atom stereocenters. The fraction of sp³-hybridized carbons (Fsp3) is 0.455. The first kappa shape index (κ1) is 16.5. The average Bonchev–Trinajstić information content (AvgIpc) is 3.03. The van der Waals surface area contributed by atoms with E-state index in [1.807, 2.05) is 0 Å². The zero-order valence-electron chi connectivity index (χ0n) is 10.1. The quantitative estimate of drug-likeness (QED) is 0.549. The van der Waals surface area contributed by atoms with Gasteiger partial charge < -0.3 is 17.7 Å². The van der Waals surface area contributed by atoms with Crippen molar-refractivity contribution in [2.24, 2.45) is 5.92 Å². The first-order valence-electron chi connectivity index (χ1n) is 5.59. The van der Waals surface area contributed by atoms with Gasteiger partial charge in [-0.1, -0.05) is 18.9 Å². The normalized spacial score (nSPS) is 15.1. The second kappa shape index (κ2) is 6.74. The first-order chi connectivity index (χ1) is 7.97. The number of ether oxygens (including phenoxy) is 1. The van der Waals surface area contributed by atoms with Gasteiger partial charge in [-0.25, -0.2) is 4.39 Å². The van der Waals surface area contributed by atoms with Crippen LogP contribution < -0.4 is 61.6 Å². The van der Waals surface area contributed by atoms with Crippen LogP contribution in [0, 0.1) is 11.7 Å². The van der Waals surface area contributed by atoms with E-state index >= 15 is 0 Å². The van der Waals surface area contributed by atoms with Gasteiger partial charge in [0.1, 0.15) is 0 Å². The number of halogens is 4. The summed E-state index contributed by atoms with van der Waals surface area (Å²) in [5.74, 6) is -0.444. The van der Waals surface area contributed by atoms with E-state index in [4.69, 9.17) is 4.74 Å². The predicted octanol–water partition coefficient (Wildman–Crippen LogP) is 0.0630. The minimum atomic E-state index is -5.11. The molecule has 1 aliphatic carbocycles. The van der Waals surface area contributed by atoms with Crippen LogP contribution in [0.5, 0.6) is 5.75 Å². The van der Waals surface area contributed by atoms with E-state index < -0.39 is 18.3 Å². The van der Waals surface area contributed by atoms with Gasteiger partial charge in [-0.05, 0) is 24.5 Å². The molecule has 0 spiro atoms. The molecule has 0 saturated heterocycles. The number of rotatable bonds is 5. The van der Waals surface area contributed by atoms with Crippen molar-refractivity contribution >= 4 is 12.4 Å². The smallest absolute Gasteiger partial charge is 0.491 e. The van der Waals surface area contributed by atoms with Gasteiger partial charge in [0.2, 0.25) is 0 Å². The molecule has 0 N–H and O–H groups in total. The second-order valence-corrected chi connectivity index (χ2v) is 4.35. The molecule has 0 unspecified atom stereocenters. The SMILES string of the molecule is Fc1ccc([B-](F)(F)F)cc1OCCC1CC1.[K+]. The van der Waals surface area contributed by atoms with Gasteiger partial charge in [-0.3, -0.25) is 0 Å². The summed E-state index contributed by atoms with van der Waals surface area (Å²) < 4.78 is 55.6.